The summed E-state index contributed by atoms with van der Waals surface area (Å²) in [6, 6.07) is 12.8. The fraction of sp³-hybridized carbons (Fsp3) is 0.190. The maximum atomic E-state index is 13.3. The second kappa shape index (κ2) is 7.36. The Balaban J connectivity index is 1.77. The molecule has 1 aliphatic heterocycles. The Morgan fingerprint density at radius 3 is 2.76 bits per heavy atom. The van der Waals surface area contributed by atoms with Crippen LogP contribution in [0.4, 0.5) is 25.0 Å². The van der Waals surface area contributed by atoms with Gasteiger partial charge in [0.1, 0.15) is 11.8 Å². The van der Waals surface area contributed by atoms with Gasteiger partial charge in [0, 0.05) is 23.0 Å². The molecule has 0 spiro atoms. The first kappa shape index (κ1) is 18.6. The van der Waals surface area contributed by atoms with Gasteiger partial charge in [-0.2, -0.15) is 14.0 Å². The van der Waals surface area contributed by atoms with E-state index in [1.807, 2.05) is 24.3 Å². The van der Waals surface area contributed by atoms with E-state index in [9.17, 15) is 18.8 Å². The molecule has 1 saturated heterocycles. The van der Waals surface area contributed by atoms with Crippen LogP contribution < -0.4 is 14.5 Å². The third kappa shape index (κ3) is 3.31. The molecule has 1 atom stereocenters. The molecular weight excluding hydrogens is 378 g/mol. The van der Waals surface area contributed by atoms with E-state index in [0.29, 0.717) is 16.9 Å². The number of hydrogen-bond acceptors (Lipinski definition) is 4. The van der Waals surface area contributed by atoms with Crippen LogP contribution in [0.1, 0.15) is 5.56 Å². The first-order valence-corrected chi connectivity index (χ1v) is 8.88. The van der Waals surface area contributed by atoms with Gasteiger partial charge in [0.2, 0.25) is 0 Å². The van der Waals surface area contributed by atoms with Gasteiger partial charge in [-0.15, -0.1) is 0 Å². The van der Waals surface area contributed by atoms with Crippen LogP contribution in [-0.4, -0.2) is 30.2 Å². The first-order valence-electron chi connectivity index (χ1n) is 8.88. The van der Waals surface area contributed by atoms with E-state index in [0.717, 1.165) is 10.8 Å². The van der Waals surface area contributed by atoms with Gasteiger partial charge in [-0.3, -0.25) is 14.8 Å². The molecule has 0 aliphatic carbocycles. The monoisotopic (exact) mass is 394 g/mol. The maximum Gasteiger partial charge on any atom is 0.387 e. The third-order valence-electron chi connectivity index (χ3n) is 4.86. The highest BCUT2D eigenvalue weighted by Gasteiger charge is 2.40. The Morgan fingerprint density at radius 2 is 2.00 bits per heavy atom. The number of anilines is 2. The molecule has 4 rings (SSSR count). The van der Waals surface area contributed by atoms with Gasteiger partial charge in [-0.25, -0.2) is 4.79 Å². The van der Waals surface area contributed by atoms with Crippen molar-refractivity contribution in [3.63, 3.8) is 0 Å². The van der Waals surface area contributed by atoms with Gasteiger partial charge in [-0.1, -0.05) is 30.3 Å². The lowest BCUT2D eigenvalue weighted by atomic mass is 10.1. The van der Waals surface area contributed by atoms with Crippen LogP contribution in [0.3, 0.4) is 0 Å². The lowest BCUT2D eigenvalue weighted by molar-refractivity contribution is -0.0498. The second-order valence-electron chi connectivity index (χ2n) is 6.61. The van der Waals surface area contributed by atoms with E-state index in [4.69, 9.17) is 0 Å². The predicted octanol–water partition coefficient (Wildman–Crippen LogP) is 4.48. The summed E-state index contributed by atoms with van der Waals surface area (Å²) in [5.74, 6) is -0.0489. The Hall–Kier alpha value is -3.73. The molecule has 0 saturated carbocycles. The molecule has 29 heavy (non-hydrogen) atoms. The van der Waals surface area contributed by atoms with Crippen LogP contribution in [0.15, 0.2) is 54.9 Å². The van der Waals surface area contributed by atoms with Crippen molar-refractivity contribution in [1.82, 2.24) is 4.98 Å². The van der Waals surface area contributed by atoms with E-state index >= 15 is 0 Å². The zero-order chi connectivity index (χ0) is 20.5. The number of aryl methyl sites for hydroxylation is 1. The lowest BCUT2D eigenvalue weighted by Crippen LogP contribution is -2.34. The number of nitrogens with zero attached hydrogens (tertiary/aromatic N) is 4. The zero-order valence-electron chi connectivity index (χ0n) is 15.4. The number of pyridine rings is 1. The molecule has 0 bridgehead atoms. The number of ether oxygens (including phenoxy) is 1. The van der Waals surface area contributed by atoms with Crippen molar-refractivity contribution in [3.05, 3.63) is 60.4 Å². The van der Waals surface area contributed by atoms with Crippen LogP contribution in [0, 0.1) is 18.3 Å². The molecular formula is C21H16F2N4O2. The largest absolute Gasteiger partial charge is 0.435 e. The molecule has 1 fully saturated rings. The molecule has 1 aromatic heterocycles. The summed E-state index contributed by atoms with van der Waals surface area (Å²) in [6.45, 7) is -1.11. The number of alkyl halides is 2. The molecule has 2 aromatic carbocycles. The highest BCUT2D eigenvalue weighted by Crippen LogP contribution is 2.35. The molecule has 1 aliphatic rings. The molecule has 0 N–H and O–H groups in total. The van der Waals surface area contributed by atoms with Crippen LogP contribution in [0.5, 0.6) is 5.75 Å². The number of aromatic nitrogens is 1. The highest BCUT2D eigenvalue weighted by molar-refractivity contribution is 6.12. The third-order valence-corrected chi connectivity index (χ3v) is 4.86. The van der Waals surface area contributed by atoms with Crippen LogP contribution in [-0.2, 0) is 0 Å². The molecule has 0 radical (unpaired) electrons. The van der Waals surface area contributed by atoms with Crippen LogP contribution in [0.2, 0.25) is 0 Å². The fourth-order valence-corrected chi connectivity index (χ4v) is 3.52. The number of carbonyl (C=O) groups excluding carboxylic acids is 1. The number of urea groups is 1. The van der Waals surface area contributed by atoms with Crippen molar-refractivity contribution in [2.75, 3.05) is 16.3 Å². The van der Waals surface area contributed by atoms with Crippen molar-refractivity contribution >= 4 is 28.2 Å². The minimum atomic E-state index is -2.97. The normalized spacial score (nSPS) is 16.5. The van der Waals surface area contributed by atoms with Crippen molar-refractivity contribution in [2.45, 2.75) is 19.6 Å². The van der Waals surface area contributed by atoms with Crippen molar-refractivity contribution in [1.29, 1.82) is 5.26 Å². The SMILES string of the molecule is Cc1ccc(OC(F)F)cc1N1CC(C#N)N(c2cncc3ccccc23)C1=O. The predicted molar refractivity (Wildman–Crippen MR) is 104 cm³/mol. The van der Waals surface area contributed by atoms with Crippen molar-refractivity contribution in [3.8, 4) is 11.8 Å². The van der Waals surface area contributed by atoms with E-state index < -0.39 is 18.7 Å². The van der Waals surface area contributed by atoms with Gasteiger partial charge in [0.15, 0.2) is 0 Å². The van der Waals surface area contributed by atoms with Gasteiger partial charge in [-0.05, 0) is 18.6 Å². The number of fused-ring (bicyclic) bond motifs is 1. The summed E-state index contributed by atoms with van der Waals surface area (Å²) < 4.78 is 29.7. The number of carbonyl (C=O) groups is 1. The summed E-state index contributed by atoms with van der Waals surface area (Å²) in [4.78, 5) is 20.3. The second-order valence-corrected chi connectivity index (χ2v) is 6.61. The maximum absolute atomic E-state index is 13.3. The van der Waals surface area contributed by atoms with E-state index in [2.05, 4.69) is 15.8 Å². The summed E-state index contributed by atoms with van der Waals surface area (Å²) in [6.07, 6.45) is 3.24. The zero-order valence-corrected chi connectivity index (χ0v) is 15.4. The van der Waals surface area contributed by atoms with Gasteiger partial charge in [0.25, 0.3) is 0 Å². The Bertz CT molecular complexity index is 1120. The number of amides is 2. The molecule has 2 heterocycles. The quantitative estimate of drug-likeness (QED) is 0.654. The van der Waals surface area contributed by atoms with E-state index in [-0.39, 0.29) is 12.3 Å². The van der Waals surface area contributed by atoms with E-state index in [1.54, 1.807) is 25.4 Å². The number of halogens is 2. The van der Waals surface area contributed by atoms with Crippen molar-refractivity contribution in [2.24, 2.45) is 0 Å². The van der Waals surface area contributed by atoms with Gasteiger partial charge >= 0.3 is 12.6 Å². The number of nitriles is 1. The standard InChI is InChI=1S/C21H16F2N4O2/c1-13-6-7-16(29-20(22)23)8-18(13)26-12-15(9-24)27(21(26)28)19-11-25-10-14-4-2-3-5-17(14)19/h2-8,10-11,15,20H,12H2,1H3. The van der Waals surface area contributed by atoms with E-state index in [1.165, 1.54) is 21.9 Å². The fourth-order valence-electron chi connectivity index (χ4n) is 3.52. The Labute approximate surface area is 165 Å². The minimum Gasteiger partial charge on any atom is -0.435 e. The smallest absolute Gasteiger partial charge is 0.387 e. The molecule has 6 nitrogen and oxygen atoms in total. The number of hydrogen-bond donors (Lipinski definition) is 0. The van der Waals surface area contributed by atoms with Crippen LogP contribution in [0.25, 0.3) is 10.8 Å². The summed E-state index contributed by atoms with van der Waals surface area (Å²) >= 11 is 0. The molecule has 3 aromatic rings. The highest BCUT2D eigenvalue weighted by atomic mass is 19.3. The lowest BCUT2D eigenvalue weighted by Gasteiger charge is -2.22. The molecule has 8 heteroatoms. The van der Waals surface area contributed by atoms with Gasteiger partial charge < -0.3 is 4.74 Å². The summed E-state index contributed by atoms with van der Waals surface area (Å²) in [7, 11) is 0. The molecule has 2 amide bonds. The summed E-state index contributed by atoms with van der Waals surface area (Å²) in [5.41, 5.74) is 1.65. The minimum absolute atomic E-state index is 0.0489. The molecule has 1 unspecified atom stereocenters. The van der Waals surface area contributed by atoms with Crippen molar-refractivity contribution < 1.29 is 18.3 Å². The van der Waals surface area contributed by atoms with Crippen LogP contribution >= 0.6 is 0 Å². The Morgan fingerprint density at radius 1 is 1.21 bits per heavy atom. The number of rotatable bonds is 4. The Kier molecular flexibility index (Phi) is 4.72. The van der Waals surface area contributed by atoms with Gasteiger partial charge in [0.05, 0.1) is 30.2 Å². The first-order chi connectivity index (χ1) is 14.0. The number of benzene rings is 2. The topological polar surface area (TPSA) is 69.5 Å². The average Bonchev–Trinajstić information content (AvgIpc) is 3.04. The summed E-state index contributed by atoms with van der Waals surface area (Å²) in [5, 5.41) is 11.3. The molecule has 146 valence electrons. The average molecular weight is 394 g/mol.